The first-order valence-electron chi connectivity index (χ1n) is 10.1. The third kappa shape index (κ3) is 5.22. The van der Waals surface area contributed by atoms with Crippen LogP contribution in [0.4, 0.5) is 0 Å². The Hall–Kier alpha value is -3.38. The van der Waals surface area contributed by atoms with Crippen molar-refractivity contribution in [3.63, 3.8) is 0 Å². The third-order valence-corrected chi connectivity index (χ3v) is 5.98. The number of nitrogens with one attached hydrogen (secondary N) is 1. The van der Waals surface area contributed by atoms with E-state index in [1.807, 2.05) is 49.4 Å². The predicted molar refractivity (Wildman–Crippen MR) is 123 cm³/mol. The summed E-state index contributed by atoms with van der Waals surface area (Å²) in [7, 11) is 0. The van der Waals surface area contributed by atoms with Crippen molar-refractivity contribution < 1.29 is 9.32 Å². The van der Waals surface area contributed by atoms with Gasteiger partial charge in [-0.15, -0.1) is 11.8 Å². The highest BCUT2D eigenvalue weighted by atomic mass is 32.2. The van der Waals surface area contributed by atoms with Crippen molar-refractivity contribution in [2.24, 2.45) is 0 Å². The van der Waals surface area contributed by atoms with Crippen LogP contribution in [0.15, 0.2) is 88.3 Å². The highest BCUT2D eigenvalue weighted by molar-refractivity contribution is 7.98. The summed E-state index contributed by atoms with van der Waals surface area (Å²) in [5, 5.41) is 6.92. The Bertz CT molecular complexity index is 1160. The summed E-state index contributed by atoms with van der Waals surface area (Å²) >= 11 is 1.51. The maximum absolute atomic E-state index is 13.0. The zero-order chi connectivity index (χ0) is 21.6. The number of nitrogens with zero attached hydrogens (tertiary/aromatic N) is 2. The smallest absolute Gasteiger partial charge is 0.252 e. The van der Waals surface area contributed by atoms with E-state index in [0.717, 1.165) is 16.0 Å². The lowest BCUT2D eigenvalue weighted by Crippen LogP contribution is -2.27. The molecule has 0 fully saturated rings. The van der Waals surface area contributed by atoms with Crippen molar-refractivity contribution in [3.05, 3.63) is 102 Å². The molecule has 6 heteroatoms. The molecular formula is C25H23N3O2S. The minimum Gasteiger partial charge on any atom is -0.345 e. The monoisotopic (exact) mass is 429 g/mol. The summed E-state index contributed by atoms with van der Waals surface area (Å²) < 4.78 is 5.17. The molecular weight excluding hydrogens is 406 g/mol. The van der Waals surface area contributed by atoms with E-state index in [1.54, 1.807) is 6.92 Å². The zero-order valence-corrected chi connectivity index (χ0v) is 18.2. The molecule has 0 aliphatic rings. The van der Waals surface area contributed by atoms with Crippen molar-refractivity contribution in [1.82, 2.24) is 15.5 Å². The average Bonchev–Trinajstić information content (AvgIpc) is 3.23. The number of aromatic nitrogens is 2. The van der Waals surface area contributed by atoms with Crippen molar-refractivity contribution in [3.8, 4) is 11.1 Å². The number of carbonyl (C=O) groups excluding carboxylic acids is 1. The standard InChI is InChI=1S/C25H23N3O2S/c1-17(19-12-14-21(15-13-19)20-8-4-3-5-9-20)26-25(29)22-10-6-7-11-23(22)31-16-24-27-18(2)28-30-24/h3-15,17H,16H2,1-2H3,(H,26,29). The van der Waals surface area contributed by atoms with Crippen molar-refractivity contribution in [1.29, 1.82) is 0 Å². The Labute approximate surface area is 185 Å². The third-order valence-electron chi connectivity index (χ3n) is 4.92. The summed E-state index contributed by atoms with van der Waals surface area (Å²) in [5.74, 6) is 1.56. The number of carbonyl (C=O) groups is 1. The van der Waals surface area contributed by atoms with Gasteiger partial charge >= 0.3 is 0 Å². The zero-order valence-electron chi connectivity index (χ0n) is 17.4. The van der Waals surface area contributed by atoms with Gasteiger partial charge in [0.25, 0.3) is 5.91 Å². The van der Waals surface area contributed by atoms with Crippen molar-refractivity contribution in [2.75, 3.05) is 0 Å². The molecule has 3 aromatic carbocycles. The summed E-state index contributed by atoms with van der Waals surface area (Å²) in [5.41, 5.74) is 4.02. The van der Waals surface area contributed by atoms with E-state index in [0.29, 0.717) is 23.0 Å². The minimum atomic E-state index is -0.117. The molecule has 0 aliphatic heterocycles. The van der Waals surface area contributed by atoms with Gasteiger partial charge in [0.05, 0.1) is 17.4 Å². The van der Waals surface area contributed by atoms with Gasteiger partial charge in [0.15, 0.2) is 5.82 Å². The molecule has 5 nitrogen and oxygen atoms in total. The number of thioether (sulfide) groups is 1. The molecule has 1 atom stereocenters. The number of rotatable bonds is 7. The molecule has 1 N–H and O–H groups in total. The largest absolute Gasteiger partial charge is 0.345 e. The molecule has 156 valence electrons. The number of amides is 1. The highest BCUT2D eigenvalue weighted by Gasteiger charge is 2.16. The molecule has 1 amide bonds. The van der Waals surface area contributed by atoms with Crippen LogP contribution in [0, 0.1) is 6.92 Å². The predicted octanol–water partition coefficient (Wildman–Crippen LogP) is 5.83. The molecule has 1 unspecified atom stereocenters. The lowest BCUT2D eigenvalue weighted by molar-refractivity contribution is 0.0937. The second-order valence-corrected chi connectivity index (χ2v) is 8.22. The molecule has 1 heterocycles. The number of hydrogen-bond donors (Lipinski definition) is 1. The Balaban J connectivity index is 1.43. The number of hydrogen-bond acceptors (Lipinski definition) is 5. The second-order valence-electron chi connectivity index (χ2n) is 7.20. The van der Waals surface area contributed by atoms with Crippen LogP contribution in [0.1, 0.15) is 40.6 Å². The van der Waals surface area contributed by atoms with Crippen LogP contribution in [-0.2, 0) is 5.75 Å². The van der Waals surface area contributed by atoms with Crippen LogP contribution < -0.4 is 5.32 Å². The van der Waals surface area contributed by atoms with E-state index in [-0.39, 0.29) is 11.9 Å². The van der Waals surface area contributed by atoms with Gasteiger partial charge in [-0.2, -0.15) is 4.98 Å². The molecule has 0 saturated heterocycles. The van der Waals surface area contributed by atoms with Gasteiger partial charge in [-0.3, -0.25) is 4.79 Å². The Morgan fingerprint density at radius 1 is 0.968 bits per heavy atom. The fraction of sp³-hybridized carbons (Fsp3) is 0.160. The minimum absolute atomic E-state index is 0.107. The van der Waals surface area contributed by atoms with Gasteiger partial charge in [0.2, 0.25) is 5.89 Å². The Morgan fingerprint density at radius 3 is 2.35 bits per heavy atom. The first-order valence-corrected chi connectivity index (χ1v) is 11.1. The van der Waals surface area contributed by atoms with Gasteiger partial charge in [-0.1, -0.05) is 71.9 Å². The molecule has 0 bridgehead atoms. The second kappa shape index (κ2) is 9.62. The molecule has 0 aliphatic carbocycles. The van der Waals surface area contributed by atoms with E-state index in [1.165, 1.54) is 17.3 Å². The quantitative estimate of drug-likeness (QED) is 0.375. The Morgan fingerprint density at radius 2 is 1.65 bits per heavy atom. The van der Waals surface area contributed by atoms with Crippen LogP contribution in [-0.4, -0.2) is 16.0 Å². The van der Waals surface area contributed by atoms with Crippen LogP contribution in [0.25, 0.3) is 11.1 Å². The van der Waals surface area contributed by atoms with E-state index in [2.05, 4.69) is 51.9 Å². The average molecular weight is 430 g/mol. The van der Waals surface area contributed by atoms with E-state index in [4.69, 9.17) is 4.52 Å². The van der Waals surface area contributed by atoms with Crippen molar-refractivity contribution >= 4 is 17.7 Å². The van der Waals surface area contributed by atoms with Gasteiger partial charge in [-0.25, -0.2) is 0 Å². The summed E-state index contributed by atoms with van der Waals surface area (Å²) in [6.07, 6.45) is 0. The Kier molecular flexibility index (Phi) is 6.48. The highest BCUT2D eigenvalue weighted by Crippen LogP contribution is 2.27. The number of aryl methyl sites for hydroxylation is 1. The lowest BCUT2D eigenvalue weighted by Gasteiger charge is -2.16. The fourth-order valence-corrected chi connectivity index (χ4v) is 4.16. The van der Waals surface area contributed by atoms with Gasteiger partial charge < -0.3 is 9.84 Å². The van der Waals surface area contributed by atoms with Crippen LogP contribution in [0.3, 0.4) is 0 Å². The molecule has 4 rings (SSSR count). The van der Waals surface area contributed by atoms with Crippen LogP contribution >= 0.6 is 11.8 Å². The maximum atomic E-state index is 13.0. The van der Waals surface area contributed by atoms with Crippen LogP contribution in [0.5, 0.6) is 0 Å². The van der Waals surface area contributed by atoms with E-state index in [9.17, 15) is 4.79 Å². The van der Waals surface area contributed by atoms with Crippen LogP contribution in [0.2, 0.25) is 0 Å². The molecule has 0 spiro atoms. The van der Waals surface area contributed by atoms with E-state index >= 15 is 0 Å². The summed E-state index contributed by atoms with van der Waals surface area (Å²) in [4.78, 5) is 18.1. The molecule has 0 radical (unpaired) electrons. The van der Waals surface area contributed by atoms with Gasteiger partial charge in [0, 0.05) is 4.90 Å². The van der Waals surface area contributed by atoms with Crippen molar-refractivity contribution in [2.45, 2.75) is 30.5 Å². The number of benzene rings is 3. The first kappa shape index (κ1) is 20.9. The topological polar surface area (TPSA) is 68.0 Å². The molecule has 1 aromatic heterocycles. The molecule has 31 heavy (non-hydrogen) atoms. The van der Waals surface area contributed by atoms with E-state index < -0.39 is 0 Å². The van der Waals surface area contributed by atoms with Gasteiger partial charge in [-0.05, 0) is 42.7 Å². The first-order chi connectivity index (χ1) is 15.1. The summed E-state index contributed by atoms with van der Waals surface area (Å²) in [6, 6.07) is 26.0. The SMILES string of the molecule is Cc1noc(CSc2ccccc2C(=O)NC(C)c2ccc(-c3ccccc3)cc2)n1. The maximum Gasteiger partial charge on any atom is 0.252 e. The fourth-order valence-electron chi connectivity index (χ4n) is 3.27. The van der Waals surface area contributed by atoms with Gasteiger partial charge in [0.1, 0.15) is 0 Å². The molecule has 0 saturated carbocycles. The molecule has 4 aromatic rings. The lowest BCUT2D eigenvalue weighted by atomic mass is 10.0. The summed E-state index contributed by atoms with van der Waals surface area (Å²) in [6.45, 7) is 3.78. The normalized spacial score (nSPS) is 11.8.